The van der Waals surface area contributed by atoms with Crippen LogP contribution in [0.3, 0.4) is 0 Å². The van der Waals surface area contributed by atoms with Crippen LogP contribution in [-0.4, -0.2) is 41.7 Å². The van der Waals surface area contributed by atoms with Crippen molar-refractivity contribution in [2.24, 2.45) is 0 Å². The third-order valence-corrected chi connectivity index (χ3v) is 3.68. The minimum atomic E-state index is -0.0836. The normalized spacial score (nSPS) is 13.6. The van der Waals surface area contributed by atoms with Gasteiger partial charge in [-0.3, -0.25) is 4.79 Å². The van der Waals surface area contributed by atoms with E-state index in [0.717, 1.165) is 15.8 Å². The molecule has 1 aliphatic heterocycles. The number of halogens is 1. The van der Waals surface area contributed by atoms with Crippen molar-refractivity contribution >= 4 is 27.9 Å². The summed E-state index contributed by atoms with van der Waals surface area (Å²) in [5.41, 5.74) is 1.50. The Bertz CT molecular complexity index is 540. The molecular weight excluding hydrogens is 322 g/mol. The lowest BCUT2D eigenvalue weighted by atomic mass is 10.1. The highest BCUT2D eigenvalue weighted by atomic mass is 79.9. The quantitative estimate of drug-likeness (QED) is 0.916. The summed E-state index contributed by atoms with van der Waals surface area (Å²) in [5, 5.41) is 9.08. The first-order chi connectivity index (χ1) is 9.52. The summed E-state index contributed by atoms with van der Waals surface area (Å²) in [4.78, 5) is 14.1. The summed E-state index contributed by atoms with van der Waals surface area (Å²) in [7, 11) is 0. The highest BCUT2D eigenvalue weighted by Gasteiger charge is 2.23. The first-order valence-electron chi connectivity index (χ1n) is 6.57. The number of carbonyl (C=O) groups is 1. The van der Waals surface area contributed by atoms with E-state index in [1.54, 1.807) is 4.90 Å². The van der Waals surface area contributed by atoms with Gasteiger partial charge in [-0.2, -0.15) is 0 Å². The van der Waals surface area contributed by atoms with Gasteiger partial charge in [-0.1, -0.05) is 15.9 Å². The monoisotopic (exact) mass is 339 g/mol. The zero-order chi connectivity index (χ0) is 14.7. The Kier molecular flexibility index (Phi) is 4.83. The van der Waals surface area contributed by atoms with Gasteiger partial charge in [-0.05, 0) is 38.1 Å². The number of rotatable bonds is 4. The number of aliphatic hydroxyl groups is 1. The van der Waals surface area contributed by atoms with Gasteiger partial charge in [-0.25, -0.2) is 0 Å². The van der Waals surface area contributed by atoms with Gasteiger partial charge >= 0.3 is 0 Å². The molecule has 108 valence electrons. The molecule has 5 heteroatoms. The number of nitrogens with zero attached hydrogens (tertiary/aromatic N) is 1. The van der Waals surface area contributed by atoms with Gasteiger partial charge in [0, 0.05) is 22.6 Å². The predicted molar refractivity (Wildman–Crippen MR) is 81.5 cm³/mol. The Balaban J connectivity index is 2.27. The van der Waals surface area contributed by atoms with E-state index in [2.05, 4.69) is 15.9 Å². The lowest BCUT2D eigenvalue weighted by molar-refractivity contribution is -0.129. The molecule has 0 bridgehead atoms. The number of fused-ring (bicyclic) bond motifs is 1. The molecule has 1 aromatic carbocycles. The number of benzene rings is 1. The van der Waals surface area contributed by atoms with E-state index in [9.17, 15) is 4.79 Å². The maximum Gasteiger partial charge on any atom is 0.253 e. The molecule has 0 saturated carbocycles. The van der Waals surface area contributed by atoms with E-state index in [1.807, 2.05) is 38.1 Å². The number of amides is 1. The fraction of sp³-hybridized carbons (Fsp3) is 0.400. The molecule has 20 heavy (non-hydrogen) atoms. The van der Waals surface area contributed by atoms with E-state index in [4.69, 9.17) is 9.84 Å². The van der Waals surface area contributed by atoms with Crippen LogP contribution >= 0.6 is 15.9 Å². The van der Waals surface area contributed by atoms with Gasteiger partial charge in [0.05, 0.1) is 12.2 Å². The van der Waals surface area contributed by atoms with Crippen LogP contribution in [0, 0.1) is 0 Å². The third kappa shape index (κ3) is 3.22. The van der Waals surface area contributed by atoms with Crippen molar-refractivity contribution in [2.75, 3.05) is 19.8 Å². The summed E-state index contributed by atoms with van der Waals surface area (Å²) in [6, 6.07) is 5.75. The number of hydrogen-bond donors (Lipinski definition) is 1. The van der Waals surface area contributed by atoms with E-state index in [-0.39, 0.29) is 25.2 Å². The Labute approximate surface area is 127 Å². The molecule has 4 nitrogen and oxygen atoms in total. The Morgan fingerprint density at radius 2 is 2.25 bits per heavy atom. The summed E-state index contributed by atoms with van der Waals surface area (Å²) < 4.78 is 6.57. The molecule has 0 atom stereocenters. The molecule has 0 spiro atoms. The average Bonchev–Trinajstić information content (AvgIpc) is 2.42. The largest absolute Gasteiger partial charge is 0.488 e. The zero-order valence-corrected chi connectivity index (χ0v) is 13.2. The standard InChI is InChI=1S/C15H18BrNO3/c1-10(2)17(5-6-18)15(19)12-7-11-8-13(16)3-4-14(11)20-9-12/h3-4,7-8,10,18H,5-6,9H2,1-2H3. The Hall–Kier alpha value is -1.33. The highest BCUT2D eigenvalue weighted by molar-refractivity contribution is 9.10. The van der Waals surface area contributed by atoms with Crippen LogP contribution in [0.4, 0.5) is 0 Å². The lowest BCUT2D eigenvalue weighted by Crippen LogP contribution is -2.41. The number of carbonyl (C=O) groups excluding carboxylic acids is 1. The Morgan fingerprint density at radius 3 is 2.90 bits per heavy atom. The smallest absolute Gasteiger partial charge is 0.253 e. The van der Waals surface area contributed by atoms with E-state index in [1.165, 1.54) is 0 Å². The first kappa shape index (κ1) is 15.1. The lowest BCUT2D eigenvalue weighted by Gasteiger charge is -2.28. The topological polar surface area (TPSA) is 49.8 Å². The molecule has 0 saturated heterocycles. The van der Waals surface area contributed by atoms with Crippen LogP contribution < -0.4 is 4.74 Å². The van der Waals surface area contributed by atoms with Gasteiger partial charge in [0.25, 0.3) is 5.91 Å². The van der Waals surface area contributed by atoms with E-state index < -0.39 is 0 Å². The van der Waals surface area contributed by atoms with Crippen LogP contribution in [0.2, 0.25) is 0 Å². The van der Waals surface area contributed by atoms with E-state index >= 15 is 0 Å². The second kappa shape index (κ2) is 6.41. The molecule has 1 aliphatic rings. The molecule has 0 fully saturated rings. The molecule has 0 radical (unpaired) electrons. The van der Waals surface area contributed by atoms with Crippen molar-refractivity contribution < 1.29 is 14.6 Å². The molecule has 0 aliphatic carbocycles. The third-order valence-electron chi connectivity index (χ3n) is 3.18. The molecule has 1 N–H and O–H groups in total. The molecule has 0 aromatic heterocycles. The van der Waals surface area contributed by atoms with Crippen LogP contribution in [0.25, 0.3) is 6.08 Å². The second-order valence-corrected chi connectivity index (χ2v) is 5.87. The van der Waals surface area contributed by atoms with Gasteiger partial charge in [0.2, 0.25) is 0 Å². The van der Waals surface area contributed by atoms with Crippen molar-refractivity contribution in [3.63, 3.8) is 0 Å². The highest BCUT2D eigenvalue weighted by Crippen LogP contribution is 2.29. The number of ether oxygens (including phenoxy) is 1. The number of aliphatic hydroxyl groups excluding tert-OH is 1. The average molecular weight is 340 g/mol. The van der Waals surface area contributed by atoms with Crippen molar-refractivity contribution in [3.8, 4) is 5.75 Å². The van der Waals surface area contributed by atoms with Crippen molar-refractivity contribution in [1.29, 1.82) is 0 Å². The van der Waals surface area contributed by atoms with Crippen LogP contribution in [0.1, 0.15) is 19.4 Å². The fourth-order valence-electron chi connectivity index (χ4n) is 2.16. The van der Waals surface area contributed by atoms with Crippen molar-refractivity contribution in [3.05, 3.63) is 33.8 Å². The number of hydrogen-bond acceptors (Lipinski definition) is 3. The molecule has 2 rings (SSSR count). The molecule has 1 aromatic rings. The van der Waals surface area contributed by atoms with E-state index in [0.29, 0.717) is 12.1 Å². The second-order valence-electron chi connectivity index (χ2n) is 4.96. The van der Waals surface area contributed by atoms with Crippen LogP contribution in [-0.2, 0) is 4.79 Å². The summed E-state index contributed by atoms with van der Waals surface area (Å²) in [6.45, 7) is 4.42. The molecular formula is C15H18BrNO3. The first-order valence-corrected chi connectivity index (χ1v) is 7.37. The Morgan fingerprint density at radius 1 is 1.50 bits per heavy atom. The SMILES string of the molecule is CC(C)N(CCO)C(=O)C1=Cc2cc(Br)ccc2OC1. The summed E-state index contributed by atoms with van der Waals surface area (Å²) in [5.74, 6) is 0.697. The van der Waals surface area contributed by atoms with Crippen molar-refractivity contribution in [2.45, 2.75) is 19.9 Å². The molecule has 0 unspecified atom stereocenters. The minimum Gasteiger partial charge on any atom is -0.488 e. The zero-order valence-electron chi connectivity index (χ0n) is 11.6. The van der Waals surface area contributed by atoms with Crippen molar-refractivity contribution in [1.82, 2.24) is 4.90 Å². The minimum absolute atomic E-state index is 0.0412. The maximum atomic E-state index is 12.5. The van der Waals surface area contributed by atoms with Gasteiger partial charge in [0.1, 0.15) is 12.4 Å². The van der Waals surface area contributed by atoms with Gasteiger partial charge in [0.15, 0.2) is 0 Å². The van der Waals surface area contributed by atoms with Crippen LogP contribution in [0.5, 0.6) is 5.75 Å². The maximum absolute atomic E-state index is 12.5. The van der Waals surface area contributed by atoms with Gasteiger partial charge in [-0.15, -0.1) is 0 Å². The fourth-order valence-corrected chi connectivity index (χ4v) is 2.54. The predicted octanol–water partition coefficient (Wildman–Crippen LogP) is 2.45. The molecule has 1 amide bonds. The summed E-state index contributed by atoms with van der Waals surface area (Å²) >= 11 is 3.41. The van der Waals surface area contributed by atoms with Gasteiger partial charge < -0.3 is 14.7 Å². The van der Waals surface area contributed by atoms with Crippen LogP contribution in [0.15, 0.2) is 28.2 Å². The molecule has 1 heterocycles. The summed E-state index contributed by atoms with van der Waals surface area (Å²) in [6.07, 6.45) is 1.86.